The van der Waals surface area contributed by atoms with E-state index in [-0.39, 0.29) is 24.2 Å². The number of benzene rings is 1. The van der Waals surface area contributed by atoms with Crippen LogP contribution in [0.3, 0.4) is 0 Å². The molecule has 0 spiro atoms. The van der Waals surface area contributed by atoms with E-state index in [4.69, 9.17) is 0 Å². The first-order valence-electron chi connectivity index (χ1n) is 5.94. The second-order valence-electron chi connectivity index (χ2n) is 4.29. The van der Waals surface area contributed by atoms with Gasteiger partial charge in [0.05, 0.1) is 6.54 Å². The number of hydrogen-bond acceptors (Lipinski definition) is 2. The maximum atomic E-state index is 12.7. The van der Waals surface area contributed by atoms with Gasteiger partial charge < -0.3 is 10.2 Å². The van der Waals surface area contributed by atoms with Crippen LogP contribution in [-0.2, 0) is 16.0 Å². The third kappa shape index (κ3) is 3.29. The molecule has 0 bridgehead atoms. The fourth-order valence-electron chi connectivity index (χ4n) is 1.91. The molecule has 0 radical (unpaired) electrons. The Hall–Kier alpha value is -1.91. The number of piperazine rings is 1. The summed E-state index contributed by atoms with van der Waals surface area (Å²) < 4.78 is 12.7. The van der Waals surface area contributed by atoms with E-state index in [0.717, 1.165) is 5.56 Å². The molecule has 1 aromatic rings. The standard InChI is InChI=1S/C13H15FN2O2/c14-11-4-1-10(2-5-11)3-6-13(18)16-8-7-15-12(17)9-16/h1-2,4-5H,3,6-9H2,(H,15,17). The van der Waals surface area contributed by atoms with Gasteiger partial charge in [-0.3, -0.25) is 9.59 Å². The van der Waals surface area contributed by atoms with E-state index in [1.807, 2.05) is 0 Å². The van der Waals surface area contributed by atoms with E-state index in [9.17, 15) is 14.0 Å². The third-order valence-corrected chi connectivity index (χ3v) is 2.93. The van der Waals surface area contributed by atoms with Crippen molar-refractivity contribution in [2.24, 2.45) is 0 Å². The summed E-state index contributed by atoms with van der Waals surface area (Å²) in [7, 11) is 0. The summed E-state index contributed by atoms with van der Waals surface area (Å²) in [6.45, 7) is 1.22. The second kappa shape index (κ2) is 5.62. The highest BCUT2D eigenvalue weighted by atomic mass is 19.1. The molecule has 5 heteroatoms. The largest absolute Gasteiger partial charge is 0.353 e. The first kappa shape index (κ1) is 12.5. The van der Waals surface area contributed by atoms with Crippen molar-refractivity contribution < 1.29 is 14.0 Å². The molecular formula is C13H15FN2O2. The SMILES string of the molecule is O=C1CN(C(=O)CCc2ccc(F)cc2)CCN1. The van der Waals surface area contributed by atoms with Crippen LogP contribution in [0.4, 0.5) is 4.39 Å². The highest BCUT2D eigenvalue weighted by Crippen LogP contribution is 2.07. The number of halogens is 1. The number of carbonyl (C=O) groups excluding carboxylic acids is 2. The van der Waals surface area contributed by atoms with Gasteiger partial charge in [-0.2, -0.15) is 0 Å². The summed E-state index contributed by atoms with van der Waals surface area (Å²) in [4.78, 5) is 24.6. The molecular weight excluding hydrogens is 235 g/mol. The van der Waals surface area contributed by atoms with Crippen LogP contribution in [0.1, 0.15) is 12.0 Å². The van der Waals surface area contributed by atoms with Crippen LogP contribution in [0.2, 0.25) is 0 Å². The number of nitrogens with zero attached hydrogens (tertiary/aromatic N) is 1. The Balaban J connectivity index is 1.84. The first-order valence-corrected chi connectivity index (χ1v) is 5.94. The van der Waals surface area contributed by atoms with Crippen LogP contribution < -0.4 is 5.32 Å². The van der Waals surface area contributed by atoms with Crippen LogP contribution >= 0.6 is 0 Å². The minimum atomic E-state index is -0.280. The van der Waals surface area contributed by atoms with Crippen LogP contribution in [0.15, 0.2) is 24.3 Å². The summed E-state index contributed by atoms with van der Waals surface area (Å²) in [5, 5.41) is 2.67. The Morgan fingerprint density at radius 3 is 2.72 bits per heavy atom. The van der Waals surface area contributed by atoms with Crippen molar-refractivity contribution in [2.75, 3.05) is 19.6 Å². The summed E-state index contributed by atoms with van der Waals surface area (Å²) in [5.41, 5.74) is 0.922. The van der Waals surface area contributed by atoms with Crippen molar-refractivity contribution in [3.05, 3.63) is 35.6 Å². The molecule has 0 atom stereocenters. The molecule has 2 amide bonds. The summed E-state index contributed by atoms with van der Waals surface area (Å²) in [5.74, 6) is -0.427. The van der Waals surface area contributed by atoms with Crippen molar-refractivity contribution in [3.8, 4) is 0 Å². The number of amides is 2. The number of nitrogens with one attached hydrogen (secondary N) is 1. The molecule has 0 saturated carbocycles. The molecule has 4 nitrogen and oxygen atoms in total. The zero-order chi connectivity index (χ0) is 13.0. The molecule has 1 aromatic carbocycles. The van der Waals surface area contributed by atoms with Gasteiger partial charge in [0.1, 0.15) is 5.82 Å². The van der Waals surface area contributed by atoms with Crippen LogP contribution in [0.25, 0.3) is 0 Å². The molecule has 1 fully saturated rings. The Bertz CT molecular complexity index is 445. The van der Waals surface area contributed by atoms with E-state index in [1.165, 1.54) is 12.1 Å². The lowest BCUT2D eigenvalue weighted by molar-refractivity contribution is -0.138. The maximum Gasteiger partial charge on any atom is 0.239 e. The predicted molar refractivity (Wildman–Crippen MR) is 64.3 cm³/mol. The Kier molecular flexibility index (Phi) is 3.92. The van der Waals surface area contributed by atoms with Gasteiger partial charge in [0.25, 0.3) is 0 Å². The molecule has 0 aliphatic carbocycles. The van der Waals surface area contributed by atoms with E-state index < -0.39 is 0 Å². The second-order valence-corrected chi connectivity index (χ2v) is 4.29. The highest BCUT2D eigenvalue weighted by molar-refractivity contribution is 5.85. The zero-order valence-electron chi connectivity index (χ0n) is 9.99. The first-order chi connectivity index (χ1) is 8.65. The lowest BCUT2D eigenvalue weighted by Crippen LogP contribution is -2.50. The van der Waals surface area contributed by atoms with Crippen molar-refractivity contribution in [3.63, 3.8) is 0 Å². The van der Waals surface area contributed by atoms with Crippen LogP contribution in [-0.4, -0.2) is 36.3 Å². The van der Waals surface area contributed by atoms with Gasteiger partial charge in [0.2, 0.25) is 11.8 Å². The van der Waals surface area contributed by atoms with Crippen LogP contribution in [0.5, 0.6) is 0 Å². The van der Waals surface area contributed by atoms with Gasteiger partial charge in [-0.05, 0) is 24.1 Å². The van der Waals surface area contributed by atoms with Crippen molar-refractivity contribution in [1.29, 1.82) is 0 Å². The Morgan fingerprint density at radius 1 is 1.33 bits per heavy atom. The molecule has 18 heavy (non-hydrogen) atoms. The van der Waals surface area contributed by atoms with Crippen molar-refractivity contribution in [1.82, 2.24) is 10.2 Å². The quantitative estimate of drug-likeness (QED) is 0.859. The molecule has 0 aromatic heterocycles. The average Bonchev–Trinajstić information content (AvgIpc) is 2.38. The average molecular weight is 250 g/mol. The summed E-state index contributed by atoms with van der Waals surface area (Å²) >= 11 is 0. The van der Waals surface area contributed by atoms with Gasteiger partial charge in [-0.15, -0.1) is 0 Å². The Labute approximate surface area is 105 Å². The normalized spacial score (nSPS) is 15.4. The van der Waals surface area contributed by atoms with Gasteiger partial charge in [-0.1, -0.05) is 12.1 Å². The monoisotopic (exact) mass is 250 g/mol. The number of aryl methyl sites for hydroxylation is 1. The summed E-state index contributed by atoms with van der Waals surface area (Å²) in [6.07, 6.45) is 0.913. The lowest BCUT2D eigenvalue weighted by Gasteiger charge is -2.26. The van der Waals surface area contributed by atoms with E-state index in [2.05, 4.69) is 5.32 Å². The van der Waals surface area contributed by atoms with E-state index in [1.54, 1.807) is 17.0 Å². The number of hydrogen-bond donors (Lipinski definition) is 1. The van der Waals surface area contributed by atoms with Gasteiger partial charge in [0.15, 0.2) is 0 Å². The molecule has 96 valence electrons. The molecule has 1 aliphatic rings. The molecule has 1 N–H and O–H groups in total. The van der Waals surface area contributed by atoms with Crippen molar-refractivity contribution >= 4 is 11.8 Å². The van der Waals surface area contributed by atoms with Crippen molar-refractivity contribution in [2.45, 2.75) is 12.8 Å². The molecule has 2 rings (SSSR count). The topological polar surface area (TPSA) is 49.4 Å². The van der Waals surface area contributed by atoms with Gasteiger partial charge in [-0.25, -0.2) is 4.39 Å². The molecule has 0 unspecified atom stereocenters. The predicted octanol–water partition coefficient (Wildman–Crippen LogP) is 0.717. The van der Waals surface area contributed by atoms with E-state index in [0.29, 0.717) is 25.9 Å². The lowest BCUT2D eigenvalue weighted by atomic mass is 10.1. The summed E-state index contributed by atoms with van der Waals surface area (Å²) in [6, 6.07) is 6.11. The fourth-order valence-corrected chi connectivity index (χ4v) is 1.91. The third-order valence-electron chi connectivity index (χ3n) is 2.93. The van der Waals surface area contributed by atoms with Gasteiger partial charge >= 0.3 is 0 Å². The molecule has 1 aliphatic heterocycles. The van der Waals surface area contributed by atoms with Gasteiger partial charge in [0, 0.05) is 19.5 Å². The Morgan fingerprint density at radius 2 is 2.06 bits per heavy atom. The highest BCUT2D eigenvalue weighted by Gasteiger charge is 2.20. The number of carbonyl (C=O) groups is 2. The van der Waals surface area contributed by atoms with E-state index >= 15 is 0 Å². The minimum absolute atomic E-state index is 0.0332. The number of rotatable bonds is 3. The van der Waals surface area contributed by atoms with Crippen LogP contribution in [0, 0.1) is 5.82 Å². The smallest absolute Gasteiger partial charge is 0.239 e. The molecule has 1 saturated heterocycles. The minimum Gasteiger partial charge on any atom is -0.353 e. The maximum absolute atomic E-state index is 12.7. The molecule has 1 heterocycles. The zero-order valence-corrected chi connectivity index (χ0v) is 9.99. The fraction of sp³-hybridized carbons (Fsp3) is 0.385.